The second kappa shape index (κ2) is 8.28. The second-order valence-corrected chi connectivity index (χ2v) is 5.58. The Morgan fingerprint density at radius 3 is 2.57 bits per heavy atom. The summed E-state index contributed by atoms with van der Waals surface area (Å²) in [6.45, 7) is 0.116. The maximum absolute atomic E-state index is 11.9. The maximum atomic E-state index is 11.9. The standard InChI is InChI=1S/C16H15BrN2O4/c17-14-7-6-12(9-18-14)13(8-15(20)21)19-16(22)23-10-11-4-2-1-3-5-11/h1-7,9,13H,8,10H2,(H,19,22)(H,20,21)/t13-/m1/s1. The number of ether oxygens (including phenoxy) is 1. The molecule has 6 nitrogen and oxygen atoms in total. The lowest BCUT2D eigenvalue weighted by Gasteiger charge is -2.17. The number of pyridine rings is 1. The van der Waals surface area contributed by atoms with Crippen LogP contribution in [0, 0.1) is 0 Å². The molecule has 1 aromatic heterocycles. The summed E-state index contributed by atoms with van der Waals surface area (Å²) in [4.78, 5) is 26.9. The van der Waals surface area contributed by atoms with Gasteiger partial charge in [0.2, 0.25) is 0 Å². The van der Waals surface area contributed by atoms with Gasteiger partial charge < -0.3 is 15.2 Å². The highest BCUT2D eigenvalue weighted by Crippen LogP contribution is 2.18. The molecule has 1 atom stereocenters. The molecule has 1 heterocycles. The van der Waals surface area contributed by atoms with Crippen LogP contribution < -0.4 is 5.32 Å². The molecule has 0 radical (unpaired) electrons. The van der Waals surface area contributed by atoms with Crippen LogP contribution in [-0.4, -0.2) is 22.2 Å². The zero-order chi connectivity index (χ0) is 16.7. The van der Waals surface area contributed by atoms with Gasteiger partial charge in [-0.25, -0.2) is 9.78 Å². The van der Waals surface area contributed by atoms with Crippen LogP contribution in [0.4, 0.5) is 4.79 Å². The highest BCUT2D eigenvalue weighted by Gasteiger charge is 2.19. The predicted octanol–water partition coefficient (Wildman–Crippen LogP) is 3.29. The van der Waals surface area contributed by atoms with E-state index in [-0.39, 0.29) is 13.0 Å². The molecule has 0 unspecified atom stereocenters. The number of carbonyl (C=O) groups is 2. The molecule has 0 saturated carbocycles. The lowest BCUT2D eigenvalue weighted by Crippen LogP contribution is -2.30. The first-order valence-corrected chi connectivity index (χ1v) is 7.64. The van der Waals surface area contributed by atoms with E-state index in [4.69, 9.17) is 9.84 Å². The highest BCUT2D eigenvalue weighted by atomic mass is 79.9. The number of aromatic nitrogens is 1. The summed E-state index contributed by atoms with van der Waals surface area (Å²) >= 11 is 3.21. The monoisotopic (exact) mass is 378 g/mol. The predicted molar refractivity (Wildman–Crippen MR) is 86.7 cm³/mol. The zero-order valence-corrected chi connectivity index (χ0v) is 13.7. The molecule has 0 aliphatic rings. The van der Waals surface area contributed by atoms with Crippen molar-refractivity contribution in [3.05, 3.63) is 64.4 Å². The summed E-state index contributed by atoms with van der Waals surface area (Å²) < 4.78 is 5.74. The summed E-state index contributed by atoms with van der Waals surface area (Å²) in [5.41, 5.74) is 1.44. The Bertz CT molecular complexity index is 662. The van der Waals surface area contributed by atoms with E-state index in [9.17, 15) is 9.59 Å². The van der Waals surface area contributed by atoms with Gasteiger partial charge >= 0.3 is 12.1 Å². The van der Waals surface area contributed by atoms with Crippen LogP contribution in [0.2, 0.25) is 0 Å². The molecule has 0 aliphatic carbocycles. The summed E-state index contributed by atoms with van der Waals surface area (Å²) in [7, 11) is 0. The Hall–Kier alpha value is -2.41. The first-order valence-electron chi connectivity index (χ1n) is 6.85. The third-order valence-electron chi connectivity index (χ3n) is 3.04. The molecule has 0 fully saturated rings. The zero-order valence-electron chi connectivity index (χ0n) is 12.1. The van der Waals surface area contributed by atoms with Gasteiger partial charge in [0, 0.05) is 6.20 Å². The fourth-order valence-corrected chi connectivity index (χ4v) is 2.16. The number of carboxylic acids is 1. The SMILES string of the molecule is O=C(O)C[C@@H](NC(=O)OCc1ccccc1)c1ccc(Br)nc1. The number of hydrogen-bond donors (Lipinski definition) is 2. The largest absolute Gasteiger partial charge is 0.481 e. The van der Waals surface area contributed by atoms with Crippen LogP contribution in [0.15, 0.2) is 53.3 Å². The average molecular weight is 379 g/mol. The number of alkyl carbamates (subject to hydrolysis) is 1. The van der Waals surface area contributed by atoms with E-state index in [0.717, 1.165) is 5.56 Å². The quantitative estimate of drug-likeness (QED) is 0.752. The number of rotatable bonds is 6. The summed E-state index contributed by atoms with van der Waals surface area (Å²) in [5, 5.41) is 11.6. The van der Waals surface area contributed by atoms with E-state index in [1.165, 1.54) is 6.20 Å². The van der Waals surface area contributed by atoms with Gasteiger partial charge in [0.05, 0.1) is 12.5 Å². The number of nitrogens with one attached hydrogen (secondary N) is 1. The van der Waals surface area contributed by atoms with Crippen molar-refractivity contribution in [2.24, 2.45) is 0 Å². The van der Waals surface area contributed by atoms with Crippen LogP contribution in [0.5, 0.6) is 0 Å². The number of hydrogen-bond acceptors (Lipinski definition) is 4. The minimum Gasteiger partial charge on any atom is -0.481 e. The molecule has 120 valence electrons. The van der Waals surface area contributed by atoms with E-state index in [2.05, 4.69) is 26.2 Å². The van der Waals surface area contributed by atoms with E-state index in [1.54, 1.807) is 12.1 Å². The van der Waals surface area contributed by atoms with Gasteiger partial charge in [-0.1, -0.05) is 36.4 Å². The molecule has 0 aliphatic heterocycles. The van der Waals surface area contributed by atoms with Gasteiger partial charge in [-0.05, 0) is 33.1 Å². The van der Waals surface area contributed by atoms with Gasteiger partial charge in [0.15, 0.2) is 0 Å². The summed E-state index contributed by atoms with van der Waals surface area (Å²) in [6.07, 6.45) is 0.571. The van der Waals surface area contributed by atoms with Crippen LogP contribution in [0.25, 0.3) is 0 Å². The topological polar surface area (TPSA) is 88.5 Å². The third kappa shape index (κ3) is 5.71. The normalized spacial score (nSPS) is 11.5. The number of amides is 1. The van der Waals surface area contributed by atoms with E-state index in [0.29, 0.717) is 10.2 Å². The van der Waals surface area contributed by atoms with Crippen molar-refractivity contribution < 1.29 is 19.4 Å². The molecule has 2 aromatic rings. The van der Waals surface area contributed by atoms with Crippen molar-refractivity contribution in [3.8, 4) is 0 Å². The number of benzene rings is 1. The van der Waals surface area contributed by atoms with Crippen molar-refractivity contribution in [3.63, 3.8) is 0 Å². The lowest BCUT2D eigenvalue weighted by atomic mass is 10.1. The Balaban J connectivity index is 1.98. The van der Waals surface area contributed by atoms with Gasteiger partial charge in [-0.15, -0.1) is 0 Å². The van der Waals surface area contributed by atoms with Crippen LogP contribution in [0.3, 0.4) is 0 Å². The number of halogens is 1. The van der Waals surface area contributed by atoms with Crippen molar-refractivity contribution in [2.45, 2.75) is 19.1 Å². The molecule has 23 heavy (non-hydrogen) atoms. The van der Waals surface area contributed by atoms with Crippen LogP contribution in [0.1, 0.15) is 23.6 Å². The molecular weight excluding hydrogens is 364 g/mol. The van der Waals surface area contributed by atoms with Gasteiger partial charge in [-0.2, -0.15) is 0 Å². The van der Waals surface area contributed by atoms with E-state index >= 15 is 0 Å². The number of carboxylic acid groups (broad SMARTS) is 1. The van der Waals surface area contributed by atoms with E-state index in [1.807, 2.05) is 30.3 Å². The minimum absolute atomic E-state index is 0.116. The molecular formula is C16H15BrN2O4. The van der Waals surface area contributed by atoms with Gasteiger partial charge in [-0.3, -0.25) is 4.79 Å². The Kier molecular flexibility index (Phi) is 6.10. The first kappa shape index (κ1) is 17.0. The molecule has 2 N–H and O–H groups in total. The van der Waals surface area contributed by atoms with Crippen molar-refractivity contribution >= 4 is 28.0 Å². The molecule has 7 heteroatoms. The molecule has 0 spiro atoms. The Labute approximate surface area is 141 Å². The van der Waals surface area contributed by atoms with Crippen molar-refractivity contribution in [1.29, 1.82) is 0 Å². The lowest BCUT2D eigenvalue weighted by molar-refractivity contribution is -0.137. The number of aliphatic carboxylic acids is 1. The molecule has 0 bridgehead atoms. The maximum Gasteiger partial charge on any atom is 0.407 e. The number of nitrogens with zero attached hydrogens (tertiary/aromatic N) is 1. The molecule has 0 saturated heterocycles. The first-order chi connectivity index (χ1) is 11.0. The third-order valence-corrected chi connectivity index (χ3v) is 3.51. The smallest absolute Gasteiger partial charge is 0.407 e. The van der Waals surface area contributed by atoms with Crippen molar-refractivity contribution in [1.82, 2.24) is 10.3 Å². The summed E-state index contributed by atoms with van der Waals surface area (Å²) in [5.74, 6) is -1.03. The van der Waals surface area contributed by atoms with E-state index < -0.39 is 18.1 Å². The van der Waals surface area contributed by atoms with Gasteiger partial charge in [0.1, 0.15) is 11.2 Å². The average Bonchev–Trinajstić information content (AvgIpc) is 2.53. The van der Waals surface area contributed by atoms with Crippen molar-refractivity contribution in [2.75, 3.05) is 0 Å². The van der Waals surface area contributed by atoms with Crippen LogP contribution >= 0.6 is 15.9 Å². The minimum atomic E-state index is -1.03. The van der Waals surface area contributed by atoms with Gasteiger partial charge in [0.25, 0.3) is 0 Å². The number of carbonyl (C=O) groups excluding carboxylic acids is 1. The molecule has 1 amide bonds. The Morgan fingerprint density at radius 2 is 1.96 bits per heavy atom. The Morgan fingerprint density at radius 1 is 1.22 bits per heavy atom. The molecule has 1 aromatic carbocycles. The fraction of sp³-hybridized carbons (Fsp3) is 0.188. The fourth-order valence-electron chi connectivity index (χ4n) is 1.93. The highest BCUT2D eigenvalue weighted by molar-refractivity contribution is 9.10. The second-order valence-electron chi connectivity index (χ2n) is 4.77. The molecule has 2 rings (SSSR count). The summed E-state index contributed by atoms with van der Waals surface area (Å²) in [6, 6.07) is 11.9. The van der Waals surface area contributed by atoms with Crippen LogP contribution in [-0.2, 0) is 16.1 Å².